The van der Waals surface area contributed by atoms with Crippen molar-refractivity contribution in [3.05, 3.63) is 12.3 Å². The van der Waals surface area contributed by atoms with Gasteiger partial charge in [0.1, 0.15) is 6.61 Å². The second-order valence-electron chi connectivity index (χ2n) is 3.61. The Morgan fingerprint density at radius 2 is 2.06 bits per heavy atom. The Morgan fingerprint density at radius 1 is 1.18 bits per heavy atom. The first-order valence-electron chi connectivity index (χ1n) is 6.14. The fourth-order valence-electron chi connectivity index (χ4n) is 1.20. The van der Waals surface area contributed by atoms with Gasteiger partial charge in [-0.15, -0.1) is 0 Å². The number of ether oxygens (including phenoxy) is 2. The highest BCUT2D eigenvalue weighted by atomic mass is 16.5. The Hall–Kier alpha value is -1.36. The third kappa shape index (κ3) is 6.06. The van der Waals surface area contributed by atoms with Crippen molar-refractivity contribution in [2.45, 2.75) is 26.7 Å². The average Bonchev–Trinajstić information content (AvgIpc) is 2.37. The summed E-state index contributed by atoms with van der Waals surface area (Å²) in [5.41, 5.74) is 0. The molecule has 0 spiro atoms. The van der Waals surface area contributed by atoms with Crippen LogP contribution in [0.2, 0.25) is 0 Å². The van der Waals surface area contributed by atoms with Crippen molar-refractivity contribution in [1.29, 1.82) is 0 Å². The van der Waals surface area contributed by atoms with E-state index in [0.29, 0.717) is 25.0 Å². The van der Waals surface area contributed by atoms with E-state index in [2.05, 4.69) is 29.1 Å². The molecule has 5 heteroatoms. The Kier molecular flexibility index (Phi) is 7.06. The average molecular weight is 239 g/mol. The van der Waals surface area contributed by atoms with Crippen molar-refractivity contribution in [2.75, 3.05) is 31.7 Å². The predicted molar refractivity (Wildman–Crippen MR) is 67.4 cm³/mol. The van der Waals surface area contributed by atoms with Crippen molar-refractivity contribution in [1.82, 2.24) is 9.97 Å². The van der Waals surface area contributed by atoms with Crippen LogP contribution in [0.4, 0.5) is 5.95 Å². The second kappa shape index (κ2) is 8.75. The quantitative estimate of drug-likeness (QED) is 0.669. The van der Waals surface area contributed by atoms with Crippen molar-refractivity contribution in [2.24, 2.45) is 0 Å². The minimum Gasteiger partial charge on any atom is -0.475 e. The normalized spacial score (nSPS) is 10.2. The van der Waals surface area contributed by atoms with Crippen LogP contribution in [-0.2, 0) is 4.74 Å². The third-order valence-corrected chi connectivity index (χ3v) is 1.99. The molecule has 0 saturated carbocycles. The molecule has 0 radical (unpaired) electrons. The third-order valence-electron chi connectivity index (χ3n) is 1.99. The Bertz CT molecular complexity index is 308. The largest absolute Gasteiger partial charge is 0.475 e. The maximum atomic E-state index is 5.46. The van der Waals surface area contributed by atoms with Crippen LogP contribution in [0, 0.1) is 0 Å². The molecule has 96 valence electrons. The molecule has 1 aromatic heterocycles. The zero-order valence-electron chi connectivity index (χ0n) is 10.6. The maximum absolute atomic E-state index is 5.46. The molecule has 1 heterocycles. The lowest BCUT2D eigenvalue weighted by Crippen LogP contribution is -2.09. The molecule has 0 atom stereocenters. The molecule has 0 aromatic carbocycles. The molecular formula is C12H21N3O2. The summed E-state index contributed by atoms with van der Waals surface area (Å²) in [6, 6.07) is 1.75. The molecule has 0 bridgehead atoms. The number of hydrogen-bond acceptors (Lipinski definition) is 5. The van der Waals surface area contributed by atoms with Gasteiger partial charge in [0.2, 0.25) is 11.8 Å². The van der Waals surface area contributed by atoms with Crippen LogP contribution in [0.1, 0.15) is 26.7 Å². The lowest BCUT2D eigenvalue weighted by Gasteiger charge is -2.07. The highest BCUT2D eigenvalue weighted by molar-refractivity contribution is 5.27. The summed E-state index contributed by atoms with van der Waals surface area (Å²) in [4.78, 5) is 8.33. The standard InChI is InChI=1S/C12H21N3O2/c1-3-6-13-12-14-7-5-11(15-12)17-10-9-16-8-4-2/h5,7H,3-4,6,8-10H2,1-2H3,(H,13,14,15). The lowest BCUT2D eigenvalue weighted by molar-refractivity contribution is 0.0990. The van der Waals surface area contributed by atoms with Gasteiger partial charge in [-0.1, -0.05) is 13.8 Å². The Balaban J connectivity index is 2.27. The van der Waals surface area contributed by atoms with Crippen LogP contribution in [-0.4, -0.2) is 36.3 Å². The van der Waals surface area contributed by atoms with E-state index in [-0.39, 0.29) is 0 Å². The van der Waals surface area contributed by atoms with Crippen LogP contribution >= 0.6 is 0 Å². The number of nitrogens with zero attached hydrogens (tertiary/aromatic N) is 2. The van der Waals surface area contributed by atoms with E-state index in [1.165, 1.54) is 0 Å². The first-order chi connectivity index (χ1) is 8.36. The van der Waals surface area contributed by atoms with Crippen LogP contribution in [0.5, 0.6) is 5.88 Å². The molecule has 0 aliphatic carbocycles. The van der Waals surface area contributed by atoms with Crippen LogP contribution < -0.4 is 10.1 Å². The van der Waals surface area contributed by atoms with Gasteiger partial charge in [0.25, 0.3) is 0 Å². The van der Waals surface area contributed by atoms with E-state index < -0.39 is 0 Å². The zero-order valence-corrected chi connectivity index (χ0v) is 10.6. The summed E-state index contributed by atoms with van der Waals surface area (Å²) in [5, 5.41) is 3.11. The number of aromatic nitrogens is 2. The molecule has 1 N–H and O–H groups in total. The fraction of sp³-hybridized carbons (Fsp3) is 0.667. The molecular weight excluding hydrogens is 218 g/mol. The van der Waals surface area contributed by atoms with Gasteiger partial charge < -0.3 is 14.8 Å². The van der Waals surface area contributed by atoms with Crippen molar-refractivity contribution < 1.29 is 9.47 Å². The first kappa shape index (κ1) is 13.7. The summed E-state index contributed by atoms with van der Waals surface area (Å²) in [7, 11) is 0. The SMILES string of the molecule is CCCNc1nccc(OCCOCCC)n1. The topological polar surface area (TPSA) is 56.3 Å². The highest BCUT2D eigenvalue weighted by Gasteiger charge is 1.99. The summed E-state index contributed by atoms with van der Waals surface area (Å²) in [6.45, 7) is 6.93. The van der Waals surface area contributed by atoms with E-state index in [9.17, 15) is 0 Å². The van der Waals surface area contributed by atoms with Gasteiger partial charge >= 0.3 is 0 Å². The molecule has 0 amide bonds. The molecule has 1 aromatic rings. The van der Waals surface area contributed by atoms with Gasteiger partial charge in [0, 0.05) is 25.4 Å². The zero-order chi connectivity index (χ0) is 12.3. The fourth-order valence-corrected chi connectivity index (χ4v) is 1.20. The lowest BCUT2D eigenvalue weighted by atomic mass is 10.5. The van der Waals surface area contributed by atoms with Gasteiger partial charge in [0.15, 0.2) is 0 Å². The van der Waals surface area contributed by atoms with Crippen molar-refractivity contribution in [3.8, 4) is 5.88 Å². The summed E-state index contributed by atoms with van der Waals surface area (Å²) in [6.07, 6.45) is 3.76. The Morgan fingerprint density at radius 3 is 2.82 bits per heavy atom. The van der Waals surface area contributed by atoms with Gasteiger partial charge in [-0.2, -0.15) is 4.98 Å². The summed E-state index contributed by atoms with van der Waals surface area (Å²) >= 11 is 0. The first-order valence-corrected chi connectivity index (χ1v) is 6.14. The molecule has 5 nitrogen and oxygen atoms in total. The Labute approximate surface area is 103 Å². The van der Waals surface area contributed by atoms with Crippen LogP contribution in [0.25, 0.3) is 0 Å². The molecule has 1 rings (SSSR count). The highest BCUT2D eigenvalue weighted by Crippen LogP contribution is 2.07. The van der Waals surface area contributed by atoms with Gasteiger partial charge in [-0.3, -0.25) is 0 Å². The van der Waals surface area contributed by atoms with Gasteiger partial charge in [-0.25, -0.2) is 4.98 Å². The summed E-state index contributed by atoms with van der Waals surface area (Å²) in [5.74, 6) is 1.19. The van der Waals surface area contributed by atoms with E-state index in [4.69, 9.17) is 9.47 Å². The van der Waals surface area contributed by atoms with Crippen LogP contribution in [0.15, 0.2) is 12.3 Å². The molecule has 0 aliphatic rings. The number of nitrogens with one attached hydrogen (secondary N) is 1. The molecule has 0 aliphatic heterocycles. The number of hydrogen-bond donors (Lipinski definition) is 1. The predicted octanol–water partition coefficient (Wildman–Crippen LogP) is 2.10. The van der Waals surface area contributed by atoms with Crippen LogP contribution in [0.3, 0.4) is 0 Å². The van der Waals surface area contributed by atoms with Gasteiger partial charge in [-0.05, 0) is 12.8 Å². The number of anilines is 1. The van der Waals surface area contributed by atoms with E-state index in [0.717, 1.165) is 26.0 Å². The molecule has 0 unspecified atom stereocenters. The minimum absolute atomic E-state index is 0.518. The molecule has 0 saturated heterocycles. The smallest absolute Gasteiger partial charge is 0.225 e. The van der Waals surface area contributed by atoms with Gasteiger partial charge in [0.05, 0.1) is 6.61 Å². The molecule has 17 heavy (non-hydrogen) atoms. The van der Waals surface area contributed by atoms with E-state index in [1.807, 2.05) is 0 Å². The molecule has 0 fully saturated rings. The van der Waals surface area contributed by atoms with E-state index >= 15 is 0 Å². The van der Waals surface area contributed by atoms with Crippen molar-refractivity contribution in [3.63, 3.8) is 0 Å². The number of rotatable bonds is 9. The maximum Gasteiger partial charge on any atom is 0.225 e. The second-order valence-corrected chi connectivity index (χ2v) is 3.61. The minimum atomic E-state index is 0.518. The van der Waals surface area contributed by atoms with Crippen molar-refractivity contribution >= 4 is 5.95 Å². The monoisotopic (exact) mass is 239 g/mol. The summed E-state index contributed by atoms with van der Waals surface area (Å²) < 4.78 is 10.8. The van der Waals surface area contributed by atoms with E-state index in [1.54, 1.807) is 12.3 Å².